The molecule has 1 heterocycles. The van der Waals surface area contributed by atoms with E-state index in [4.69, 9.17) is 11.6 Å². The highest BCUT2D eigenvalue weighted by Gasteiger charge is 2.29. The number of halogens is 1. The quantitative estimate of drug-likeness (QED) is 0.661. The van der Waals surface area contributed by atoms with E-state index < -0.39 is 10.0 Å². The molecule has 0 amide bonds. The van der Waals surface area contributed by atoms with Gasteiger partial charge >= 0.3 is 0 Å². The van der Waals surface area contributed by atoms with Gasteiger partial charge in [0.15, 0.2) is 0 Å². The van der Waals surface area contributed by atoms with E-state index in [1.54, 1.807) is 0 Å². The fraction of sp³-hybridized carbons (Fsp3) is 1.00. The van der Waals surface area contributed by atoms with Crippen molar-refractivity contribution in [3.63, 3.8) is 0 Å². The van der Waals surface area contributed by atoms with Crippen molar-refractivity contribution >= 4 is 21.6 Å². The zero-order valence-electron chi connectivity index (χ0n) is 8.03. The van der Waals surface area contributed by atoms with Crippen LogP contribution in [0.15, 0.2) is 0 Å². The average Bonchev–Trinajstić information content (AvgIpc) is 2.01. The first kappa shape index (κ1) is 11.3. The Balaban J connectivity index is 2.68. The van der Waals surface area contributed by atoms with Gasteiger partial charge in [-0.05, 0) is 18.3 Å². The Hall–Kier alpha value is 0.200. The summed E-state index contributed by atoms with van der Waals surface area (Å²) < 4.78 is 24.1. The van der Waals surface area contributed by atoms with Gasteiger partial charge in [0.05, 0.1) is 6.26 Å². The Bertz CT molecular complexity index is 265. The van der Waals surface area contributed by atoms with Crippen molar-refractivity contribution in [2.45, 2.75) is 13.3 Å². The third-order valence-corrected chi connectivity index (χ3v) is 4.07. The van der Waals surface area contributed by atoms with Gasteiger partial charge in [0, 0.05) is 19.0 Å². The molecule has 1 fully saturated rings. The summed E-state index contributed by atoms with van der Waals surface area (Å²) >= 11 is 5.74. The molecule has 0 saturated carbocycles. The SMILES string of the molecule is CC1CC(CCl)CN(S(C)(=O)=O)C1. The molecule has 1 aliphatic rings. The number of hydrogen-bond acceptors (Lipinski definition) is 2. The van der Waals surface area contributed by atoms with Crippen molar-refractivity contribution in [3.05, 3.63) is 0 Å². The molecule has 0 aromatic rings. The lowest BCUT2D eigenvalue weighted by Gasteiger charge is -2.33. The normalized spacial score (nSPS) is 31.9. The number of alkyl halides is 1. The van der Waals surface area contributed by atoms with Crippen LogP contribution >= 0.6 is 11.6 Å². The number of piperidine rings is 1. The second-order valence-corrected chi connectivity index (χ2v) is 6.23. The maximum atomic E-state index is 11.3. The van der Waals surface area contributed by atoms with Crippen LogP contribution in [0.1, 0.15) is 13.3 Å². The first-order chi connectivity index (χ1) is 5.93. The summed E-state index contributed by atoms with van der Waals surface area (Å²) in [6.45, 7) is 3.30. The van der Waals surface area contributed by atoms with Crippen LogP contribution in [0.4, 0.5) is 0 Å². The third kappa shape index (κ3) is 3.11. The number of rotatable bonds is 2. The van der Waals surface area contributed by atoms with Crippen LogP contribution < -0.4 is 0 Å². The van der Waals surface area contributed by atoms with E-state index in [1.807, 2.05) is 0 Å². The van der Waals surface area contributed by atoms with E-state index in [1.165, 1.54) is 10.6 Å². The minimum atomic E-state index is -3.03. The fourth-order valence-electron chi connectivity index (χ4n) is 1.81. The third-order valence-electron chi connectivity index (χ3n) is 2.40. The topological polar surface area (TPSA) is 37.4 Å². The van der Waals surface area contributed by atoms with E-state index in [9.17, 15) is 8.42 Å². The van der Waals surface area contributed by atoms with Gasteiger partial charge in [0.25, 0.3) is 0 Å². The second kappa shape index (κ2) is 4.15. The molecule has 3 nitrogen and oxygen atoms in total. The predicted octanol–water partition coefficient (Wildman–Crippen LogP) is 1.14. The van der Waals surface area contributed by atoms with Crippen molar-refractivity contribution in [2.75, 3.05) is 25.2 Å². The Morgan fingerprint density at radius 2 is 2.08 bits per heavy atom. The molecular weight excluding hydrogens is 210 g/mol. The summed E-state index contributed by atoms with van der Waals surface area (Å²) in [6.07, 6.45) is 2.30. The maximum Gasteiger partial charge on any atom is 0.211 e. The maximum absolute atomic E-state index is 11.3. The van der Waals surface area contributed by atoms with Crippen LogP contribution in [0.5, 0.6) is 0 Å². The van der Waals surface area contributed by atoms with Gasteiger partial charge in [-0.2, -0.15) is 0 Å². The molecular formula is C8H16ClNO2S. The van der Waals surface area contributed by atoms with Crippen LogP contribution in [0, 0.1) is 11.8 Å². The zero-order valence-corrected chi connectivity index (χ0v) is 9.61. The van der Waals surface area contributed by atoms with Crippen molar-refractivity contribution in [3.8, 4) is 0 Å². The minimum absolute atomic E-state index is 0.320. The van der Waals surface area contributed by atoms with Gasteiger partial charge in [0.2, 0.25) is 10.0 Å². The highest BCUT2D eigenvalue weighted by Crippen LogP contribution is 2.23. The Kier molecular flexibility index (Phi) is 3.60. The first-order valence-corrected chi connectivity index (χ1v) is 6.83. The highest BCUT2D eigenvalue weighted by atomic mass is 35.5. The van der Waals surface area contributed by atoms with Crippen molar-refractivity contribution in [1.29, 1.82) is 0 Å². The molecule has 78 valence electrons. The van der Waals surface area contributed by atoms with Gasteiger partial charge in [0.1, 0.15) is 0 Å². The molecule has 0 aliphatic carbocycles. The largest absolute Gasteiger partial charge is 0.213 e. The van der Waals surface area contributed by atoms with Crippen LogP contribution in [0.25, 0.3) is 0 Å². The van der Waals surface area contributed by atoms with Gasteiger partial charge in [-0.15, -0.1) is 11.6 Å². The molecule has 1 saturated heterocycles. The summed E-state index contributed by atoms with van der Waals surface area (Å²) in [6, 6.07) is 0. The van der Waals surface area contributed by atoms with E-state index in [-0.39, 0.29) is 0 Å². The second-order valence-electron chi connectivity index (χ2n) is 3.94. The van der Waals surface area contributed by atoms with E-state index >= 15 is 0 Å². The minimum Gasteiger partial charge on any atom is -0.213 e. The smallest absolute Gasteiger partial charge is 0.211 e. The Morgan fingerprint density at radius 3 is 2.54 bits per heavy atom. The monoisotopic (exact) mass is 225 g/mol. The molecule has 13 heavy (non-hydrogen) atoms. The van der Waals surface area contributed by atoms with Crippen molar-refractivity contribution < 1.29 is 8.42 Å². The molecule has 5 heteroatoms. The predicted molar refractivity (Wildman–Crippen MR) is 54.4 cm³/mol. The van der Waals surface area contributed by atoms with Crippen LogP contribution in [0.2, 0.25) is 0 Å². The molecule has 0 spiro atoms. The molecule has 0 aromatic heterocycles. The Morgan fingerprint density at radius 1 is 1.46 bits per heavy atom. The van der Waals surface area contributed by atoms with E-state index in [2.05, 4.69) is 6.92 Å². The molecule has 0 radical (unpaired) electrons. The summed E-state index contributed by atoms with van der Waals surface area (Å²) in [7, 11) is -3.03. The number of sulfonamides is 1. The summed E-state index contributed by atoms with van der Waals surface area (Å²) in [4.78, 5) is 0. The van der Waals surface area contributed by atoms with Crippen molar-refractivity contribution in [1.82, 2.24) is 4.31 Å². The molecule has 0 bridgehead atoms. The summed E-state index contributed by atoms with van der Waals surface area (Å²) in [5, 5.41) is 0. The van der Waals surface area contributed by atoms with Gasteiger partial charge in [-0.25, -0.2) is 12.7 Å². The van der Waals surface area contributed by atoms with Gasteiger partial charge < -0.3 is 0 Å². The average molecular weight is 226 g/mol. The molecule has 2 atom stereocenters. The number of hydrogen-bond donors (Lipinski definition) is 0. The Labute approximate surface area is 85.1 Å². The molecule has 0 aromatic carbocycles. The summed E-state index contributed by atoms with van der Waals surface area (Å²) in [5.74, 6) is 1.29. The fourth-order valence-corrected chi connectivity index (χ4v) is 3.04. The highest BCUT2D eigenvalue weighted by molar-refractivity contribution is 7.88. The zero-order chi connectivity index (χ0) is 10.1. The number of nitrogens with zero attached hydrogens (tertiary/aromatic N) is 1. The molecule has 1 aliphatic heterocycles. The van der Waals surface area contributed by atoms with Crippen LogP contribution in [0.3, 0.4) is 0 Å². The van der Waals surface area contributed by atoms with Crippen molar-refractivity contribution in [2.24, 2.45) is 11.8 Å². The van der Waals surface area contributed by atoms with E-state index in [0.717, 1.165) is 6.42 Å². The van der Waals surface area contributed by atoms with E-state index in [0.29, 0.717) is 30.8 Å². The summed E-state index contributed by atoms with van der Waals surface area (Å²) in [5.41, 5.74) is 0. The van der Waals surface area contributed by atoms with Crippen LogP contribution in [-0.2, 0) is 10.0 Å². The standard InChI is InChI=1S/C8H16ClNO2S/c1-7-3-8(4-9)6-10(5-7)13(2,11)12/h7-8H,3-6H2,1-2H3. The first-order valence-electron chi connectivity index (χ1n) is 4.44. The van der Waals surface area contributed by atoms with Crippen LogP contribution in [-0.4, -0.2) is 37.9 Å². The lowest BCUT2D eigenvalue weighted by atomic mass is 9.93. The molecule has 1 rings (SSSR count). The molecule has 2 unspecified atom stereocenters. The lowest BCUT2D eigenvalue weighted by molar-refractivity contribution is 0.225. The molecule has 0 N–H and O–H groups in total. The van der Waals surface area contributed by atoms with Gasteiger partial charge in [-0.1, -0.05) is 6.92 Å². The lowest BCUT2D eigenvalue weighted by Crippen LogP contribution is -2.43. The van der Waals surface area contributed by atoms with Gasteiger partial charge in [-0.3, -0.25) is 0 Å².